The number of rotatable bonds is 5. The number of ketones is 1. The van der Waals surface area contributed by atoms with Crippen LogP contribution < -0.4 is 0 Å². The summed E-state index contributed by atoms with van der Waals surface area (Å²) >= 11 is 3.38. The van der Waals surface area contributed by atoms with Crippen molar-refractivity contribution in [3.05, 3.63) is 51.8 Å². The molecule has 1 heterocycles. The average molecular weight is 335 g/mol. The first-order valence-electron chi connectivity index (χ1n) is 6.93. The predicted molar refractivity (Wildman–Crippen MR) is 84.2 cm³/mol. The van der Waals surface area contributed by atoms with Gasteiger partial charge in [0.2, 0.25) is 0 Å². The predicted octanol–water partition coefficient (Wildman–Crippen LogP) is 4.21. The summed E-state index contributed by atoms with van der Waals surface area (Å²) in [4.78, 5) is 12.5. The molecule has 4 heteroatoms. The van der Waals surface area contributed by atoms with E-state index in [4.69, 9.17) is 0 Å². The lowest BCUT2D eigenvalue weighted by molar-refractivity contribution is 0.0926. The molecule has 0 aliphatic rings. The van der Waals surface area contributed by atoms with Gasteiger partial charge in [-0.3, -0.25) is 9.48 Å². The molecule has 1 atom stereocenters. The van der Waals surface area contributed by atoms with Crippen LogP contribution in [0.1, 0.15) is 48.6 Å². The van der Waals surface area contributed by atoms with Crippen molar-refractivity contribution in [3.8, 4) is 0 Å². The number of hydrogen-bond acceptors (Lipinski definition) is 2. The Bertz CT molecular complexity index is 601. The monoisotopic (exact) mass is 334 g/mol. The van der Waals surface area contributed by atoms with Crippen LogP contribution in [-0.2, 0) is 12.8 Å². The minimum atomic E-state index is -0.272. The highest BCUT2D eigenvalue weighted by molar-refractivity contribution is 9.10. The van der Waals surface area contributed by atoms with Crippen LogP contribution in [0.2, 0.25) is 0 Å². The number of halogens is 1. The molecule has 2 rings (SSSR count). The first-order valence-corrected chi connectivity index (χ1v) is 7.73. The number of hydrogen-bond donors (Lipinski definition) is 0. The quantitative estimate of drug-likeness (QED) is 0.767. The standard InChI is InChI=1S/C16H19BrN2O/c1-4-14-10-15(5-2)19(18-14)11(3)16(20)12-6-8-13(17)9-7-12/h6-11H,4-5H2,1-3H3. The van der Waals surface area contributed by atoms with Gasteiger partial charge >= 0.3 is 0 Å². The number of benzene rings is 1. The molecule has 0 radical (unpaired) electrons. The lowest BCUT2D eigenvalue weighted by Gasteiger charge is -2.14. The fourth-order valence-electron chi connectivity index (χ4n) is 2.23. The van der Waals surface area contributed by atoms with E-state index in [-0.39, 0.29) is 11.8 Å². The van der Waals surface area contributed by atoms with Crippen molar-refractivity contribution in [1.29, 1.82) is 0 Å². The average Bonchev–Trinajstić information content (AvgIpc) is 2.90. The van der Waals surface area contributed by atoms with Crippen LogP contribution in [0.15, 0.2) is 34.8 Å². The highest BCUT2D eigenvalue weighted by atomic mass is 79.9. The molecule has 0 fully saturated rings. The normalized spacial score (nSPS) is 12.4. The highest BCUT2D eigenvalue weighted by Crippen LogP contribution is 2.19. The molecule has 0 aliphatic heterocycles. The maximum absolute atomic E-state index is 12.5. The van der Waals surface area contributed by atoms with Crippen molar-refractivity contribution in [3.63, 3.8) is 0 Å². The van der Waals surface area contributed by atoms with Crippen LogP contribution in [0.5, 0.6) is 0 Å². The molecule has 1 aromatic heterocycles. The lowest BCUT2D eigenvalue weighted by atomic mass is 10.1. The minimum absolute atomic E-state index is 0.0953. The largest absolute Gasteiger partial charge is 0.292 e. The SMILES string of the molecule is CCc1cc(CC)n(C(C)C(=O)c2ccc(Br)cc2)n1. The molecule has 20 heavy (non-hydrogen) atoms. The van der Waals surface area contributed by atoms with E-state index in [9.17, 15) is 4.79 Å². The molecule has 0 N–H and O–H groups in total. The second-order valence-corrected chi connectivity index (χ2v) is 5.74. The van der Waals surface area contributed by atoms with Crippen LogP contribution in [0, 0.1) is 0 Å². The van der Waals surface area contributed by atoms with Crippen molar-refractivity contribution in [2.75, 3.05) is 0 Å². The van der Waals surface area contributed by atoms with Crippen molar-refractivity contribution < 1.29 is 4.79 Å². The molecule has 1 unspecified atom stereocenters. The molecule has 106 valence electrons. The number of aryl methyl sites for hydroxylation is 2. The summed E-state index contributed by atoms with van der Waals surface area (Å²) in [5.74, 6) is 0.0953. The molecule has 0 bridgehead atoms. The number of Topliss-reactive ketones (excluding diaryl/α,β-unsaturated/α-hetero) is 1. The Morgan fingerprint density at radius 2 is 1.90 bits per heavy atom. The summed E-state index contributed by atoms with van der Waals surface area (Å²) in [6.45, 7) is 6.08. The van der Waals surface area contributed by atoms with Crippen LogP contribution in [0.4, 0.5) is 0 Å². The van der Waals surface area contributed by atoms with E-state index in [0.717, 1.165) is 34.3 Å². The second-order valence-electron chi connectivity index (χ2n) is 4.83. The molecule has 1 aromatic carbocycles. The molecule has 2 aromatic rings. The van der Waals surface area contributed by atoms with E-state index in [1.54, 1.807) is 0 Å². The molecule has 0 saturated heterocycles. The number of nitrogens with zero attached hydrogens (tertiary/aromatic N) is 2. The first kappa shape index (κ1) is 15.0. The van der Waals surface area contributed by atoms with Gasteiger partial charge in [-0.25, -0.2) is 0 Å². The topological polar surface area (TPSA) is 34.9 Å². The number of carbonyl (C=O) groups is 1. The molecule has 0 spiro atoms. The van der Waals surface area contributed by atoms with Gasteiger partial charge in [-0.1, -0.05) is 41.9 Å². The highest BCUT2D eigenvalue weighted by Gasteiger charge is 2.20. The van der Waals surface area contributed by atoms with Gasteiger partial charge in [0.15, 0.2) is 5.78 Å². The molecule has 0 saturated carbocycles. The van der Waals surface area contributed by atoms with Gasteiger partial charge < -0.3 is 0 Å². The van der Waals surface area contributed by atoms with Crippen molar-refractivity contribution >= 4 is 21.7 Å². The van der Waals surface area contributed by atoms with Crippen molar-refractivity contribution in [2.45, 2.75) is 39.7 Å². The van der Waals surface area contributed by atoms with Gasteiger partial charge in [0.05, 0.1) is 5.69 Å². The fourth-order valence-corrected chi connectivity index (χ4v) is 2.49. The summed E-state index contributed by atoms with van der Waals surface area (Å²) in [6, 6.07) is 9.29. The molecule has 0 aliphatic carbocycles. The maximum atomic E-state index is 12.5. The molecular weight excluding hydrogens is 316 g/mol. The van der Waals surface area contributed by atoms with Gasteiger partial charge in [0.25, 0.3) is 0 Å². The Balaban J connectivity index is 2.30. The Morgan fingerprint density at radius 1 is 1.25 bits per heavy atom. The third-order valence-corrected chi connectivity index (χ3v) is 3.99. The third kappa shape index (κ3) is 3.01. The molecule has 0 amide bonds. The Kier molecular flexibility index (Phi) is 4.76. The molecular formula is C16H19BrN2O. The lowest BCUT2D eigenvalue weighted by Crippen LogP contribution is -2.19. The summed E-state index contributed by atoms with van der Waals surface area (Å²) in [7, 11) is 0. The zero-order chi connectivity index (χ0) is 14.7. The van der Waals surface area contributed by atoms with E-state index < -0.39 is 0 Å². The number of aromatic nitrogens is 2. The Hall–Kier alpha value is -1.42. The minimum Gasteiger partial charge on any atom is -0.292 e. The van der Waals surface area contributed by atoms with Crippen LogP contribution in [0.3, 0.4) is 0 Å². The summed E-state index contributed by atoms with van der Waals surface area (Å²) < 4.78 is 2.84. The fraction of sp³-hybridized carbons (Fsp3) is 0.375. The van der Waals surface area contributed by atoms with E-state index in [0.29, 0.717) is 0 Å². The van der Waals surface area contributed by atoms with E-state index in [1.807, 2.05) is 35.9 Å². The third-order valence-electron chi connectivity index (χ3n) is 3.46. The van der Waals surface area contributed by atoms with E-state index in [2.05, 4.69) is 40.9 Å². The summed E-state index contributed by atoms with van der Waals surface area (Å²) in [5.41, 5.74) is 2.87. The van der Waals surface area contributed by atoms with E-state index in [1.165, 1.54) is 0 Å². The first-order chi connectivity index (χ1) is 9.56. The van der Waals surface area contributed by atoms with Crippen LogP contribution in [-0.4, -0.2) is 15.6 Å². The zero-order valence-electron chi connectivity index (χ0n) is 12.1. The van der Waals surface area contributed by atoms with Crippen molar-refractivity contribution in [1.82, 2.24) is 9.78 Å². The van der Waals surface area contributed by atoms with Crippen LogP contribution >= 0.6 is 15.9 Å². The Labute approximate surface area is 128 Å². The van der Waals surface area contributed by atoms with Crippen LogP contribution in [0.25, 0.3) is 0 Å². The van der Waals surface area contributed by atoms with Gasteiger partial charge in [-0.2, -0.15) is 5.10 Å². The van der Waals surface area contributed by atoms with Crippen molar-refractivity contribution in [2.24, 2.45) is 0 Å². The summed E-state index contributed by atoms with van der Waals surface area (Å²) in [6.07, 6.45) is 1.77. The van der Waals surface area contributed by atoms with Gasteiger partial charge in [-0.05, 0) is 38.0 Å². The van der Waals surface area contributed by atoms with Gasteiger partial charge in [0.1, 0.15) is 6.04 Å². The summed E-state index contributed by atoms with van der Waals surface area (Å²) in [5, 5.41) is 4.55. The number of carbonyl (C=O) groups excluding carboxylic acids is 1. The Morgan fingerprint density at radius 3 is 2.45 bits per heavy atom. The van der Waals surface area contributed by atoms with Gasteiger partial charge in [0, 0.05) is 15.7 Å². The van der Waals surface area contributed by atoms with E-state index >= 15 is 0 Å². The second kappa shape index (κ2) is 6.35. The zero-order valence-corrected chi connectivity index (χ0v) is 13.6. The van der Waals surface area contributed by atoms with Gasteiger partial charge in [-0.15, -0.1) is 0 Å². The molecule has 3 nitrogen and oxygen atoms in total. The maximum Gasteiger partial charge on any atom is 0.187 e. The smallest absolute Gasteiger partial charge is 0.187 e.